The van der Waals surface area contributed by atoms with Gasteiger partial charge in [0.25, 0.3) is 0 Å². The van der Waals surface area contributed by atoms with Gasteiger partial charge in [-0.05, 0) is 23.6 Å². The van der Waals surface area contributed by atoms with Gasteiger partial charge in [0.1, 0.15) is 6.61 Å². The second kappa shape index (κ2) is 8.53. The zero-order chi connectivity index (χ0) is 14.8. The molecule has 1 heterocycles. The third-order valence-electron chi connectivity index (χ3n) is 2.79. The lowest BCUT2D eigenvalue weighted by Crippen LogP contribution is -2.24. The highest BCUT2D eigenvalue weighted by molar-refractivity contribution is 5.67. The van der Waals surface area contributed by atoms with E-state index in [1.807, 2.05) is 54.6 Å². The zero-order valence-corrected chi connectivity index (χ0v) is 11.7. The predicted octanol–water partition coefficient (Wildman–Crippen LogP) is 3.41. The number of amides is 1. The molecule has 0 aliphatic rings. The molecule has 1 N–H and O–H groups in total. The van der Waals surface area contributed by atoms with Crippen LogP contribution in [0.15, 0.2) is 60.9 Å². The second-order valence-electron chi connectivity index (χ2n) is 4.47. The Morgan fingerprint density at radius 2 is 2.05 bits per heavy atom. The molecule has 4 nitrogen and oxygen atoms in total. The van der Waals surface area contributed by atoms with E-state index in [1.165, 1.54) is 0 Å². The van der Waals surface area contributed by atoms with E-state index in [2.05, 4.69) is 10.3 Å². The van der Waals surface area contributed by atoms with Gasteiger partial charge in [0.15, 0.2) is 0 Å². The van der Waals surface area contributed by atoms with E-state index in [4.69, 9.17) is 4.74 Å². The number of alkyl carbamates (subject to hydrolysis) is 1. The van der Waals surface area contributed by atoms with Gasteiger partial charge in [0, 0.05) is 18.9 Å². The maximum absolute atomic E-state index is 11.5. The van der Waals surface area contributed by atoms with Gasteiger partial charge in [-0.2, -0.15) is 0 Å². The summed E-state index contributed by atoms with van der Waals surface area (Å²) in [5.41, 5.74) is 2.02. The summed E-state index contributed by atoms with van der Waals surface area (Å²) in [4.78, 5) is 15.5. The van der Waals surface area contributed by atoms with Crippen molar-refractivity contribution < 1.29 is 9.53 Å². The topological polar surface area (TPSA) is 51.2 Å². The minimum atomic E-state index is -0.395. The molecular formula is C17H18N2O2. The summed E-state index contributed by atoms with van der Waals surface area (Å²) in [7, 11) is 0. The molecule has 0 spiro atoms. The maximum atomic E-state index is 11.5. The van der Waals surface area contributed by atoms with Crippen molar-refractivity contribution in [3.8, 4) is 0 Å². The van der Waals surface area contributed by atoms with Gasteiger partial charge >= 0.3 is 6.09 Å². The van der Waals surface area contributed by atoms with E-state index in [0.29, 0.717) is 6.54 Å². The number of pyridine rings is 1. The number of hydrogen-bond acceptors (Lipinski definition) is 3. The van der Waals surface area contributed by atoms with Crippen molar-refractivity contribution in [3.63, 3.8) is 0 Å². The van der Waals surface area contributed by atoms with E-state index in [-0.39, 0.29) is 6.61 Å². The Labute approximate surface area is 124 Å². The molecule has 0 unspecified atom stereocenters. The van der Waals surface area contributed by atoms with Crippen LogP contribution in [0.5, 0.6) is 0 Å². The van der Waals surface area contributed by atoms with E-state index < -0.39 is 6.09 Å². The Morgan fingerprint density at radius 3 is 2.81 bits per heavy atom. The van der Waals surface area contributed by atoms with Gasteiger partial charge in [-0.3, -0.25) is 4.98 Å². The van der Waals surface area contributed by atoms with Crippen molar-refractivity contribution in [2.24, 2.45) is 0 Å². The normalized spacial score (nSPS) is 10.5. The molecule has 2 aromatic rings. The minimum Gasteiger partial charge on any atom is -0.445 e. The molecule has 0 aliphatic heterocycles. The average Bonchev–Trinajstić information content (AvgIpc) is 2.54. The summed E-state index contributed by atoms with van der Waals surface area (Å²) in [6, 6.07) is 13.5. The lowest BCUT2D eigenvalue weighted by molar-refractivity contribution is 0.140. The fourth-order valence-electron chi connectivity index (χ4n) is 1.73. The molecule has 0 fully saturated rings. The molecule has 1 amide bonds. The third-order valence-corrected chi connectivity index (χ3v) is 2.79. The fourth-order valence-corrected chi connectivity index (χ4v) is 1.73. The van der Waals surface area contributed by atoms with Gasteiger partial charge in [0.05, 0.1) is 0 Å². The van der Waals surface area contributed by atoms with Crippen LogP contribution in [0.2, 0.25) is 0 Å². The summed E-state index contributed by atoms with van der Waals surface area (Å²) < 4.78 is 5.11. The number of nitrogens with one attached hydrogen (secondary N) is 1. The first kappa shape index (κ1) is 14.8. The minimum absolute atomic E-state index is 0.290. The Hall–Kier alpha value is -2.62. The Balaban J connectivity index is 1.60. The zero-order valence-electron chi connectivity index (χ0n) is 11.7. The molecule has 0 bridgehead atoms. The number of ether oxygens (including phenoxy) is 1. The van der Waals surface area contributed by atoms with E-state index in [1.54, 1.807) is 12.4 Å². The molecule has 1 aromatic carbocycles. The first-order valence-electron chi connectivity index (χ1n) is 6.86. The van der Waals surface area contributed by atoms with Crippen LogP contribution in [0, 0.1) is 0 Å². The summed E-state index contributed by atoms with van der Waals surface area (Å²) in [5.74, 6) is 0. The molecule has 0 atom stereocenters. The molecule has 21 heavy (non-hydrogen) atoms. The third kappa shape index (κ3) is 5.91. The Morgan fingerprint density at radius 1 is 1.19 bits per heavy atom. The van der Waals surface area contributed by atoms with E-state index in [0.717, 1.165) is 17.5 Å². The summed E-state index contributed by atoms with van der Waals surface area (Å²) in [6.45, 7) is 0.836. The molecule has 0 saturated carbocycles. The Bertz CT molecular complexity index is 568. The number of benzene rings is 1. The molecule has 4 heteroatoms. The van der Waals surface area contributed by atoms with Gasteiger partial charge < -0.3 is 10.1 Å². The first-order valence-corrected chi connectivity index (χ1v) is 6.86. The SMILES string of the molecule is O=C(NCCC=Cc1cccnc1)OCc1ccccc1. The number of aromatic nitrogens is 1. The molecule has 2 rings (SSSR count). The molecular weight excluding hydrogens is 264 g/mol. The fraction of sp³-hybridized carbons (Fsp3) is 0.176. The quantitative estimate of drug-likeness (QED) is 0.826. The number of carbonyl (C=O) groups is 1. The van der Waals surface area contributed by atoms with E-state index in [9.17, 15) is 4.79 Å². The molecule has 108 valence electrons. The van der Waals surface area contributed by atoms with Crippen molar-refractivity contribution in [2.45, 2.75) is 13.0 Å². The van der Waals surface area contributed by atoms with Crippen molar-refractivity contribution in [1.29, 1.82) is 0 Å². The van der Waals surface area contributed by atoms with Crippen LogP contribution in [-0.4, -0.2) is 17.6 Å². The lowest BCUT2D eigenvalue weighted by atomic mass is 10.2. The van der Waals surface area contributed by atoms with Crippen LogP contribution in [0.1, 0.15) is 17.5 Å². The predicted molar refractivity (Wildman–Crippen MR) is 82.5 cm³/mol. The van der Waals surface area contributed by atoms with Crippen LogP contribution in [0.3, 0.4) is 0 Å². The number of nitrogens with zero attached hydrogens (tertiary/aromatic N) is 1. The monoisotopic (exact) mass is 282 g/mol. The maximum Gasteiger partial charge on any atom is 0.407 e. The van der Waals surface area contributed by atoms with Gasteiger partial charge in [0.2, 0.25) is 0 Å². The van der Waals surface area contributed by atoms with Crippen LogP contribution in [0.25, 0.3) is 6.08 Å². The molecule has 0 radical (unpaired) electrons. The summed E-state index contributed by atoms with van der Waals surface area (Å²) in [6.07, 6.45) is 7.85. The summed E-state index contributed by atoms with van der Waals surface area (Å²) in [5, 5.41) is 2.71. The average molecular weight is 282 g/mol. The van der Waals surface area contributed by atoms with Crippen molar-refractivity contribution in [1.82, 2.24) is 10.3 Å². The van der Waals surface area contributed by atoms with Gasteiger partial charge in [-0.25, -0.2) is 4.79 Å². The highest BCUT2D eigenvalue weighted by Crippen LogP contribution is 2.01. The van der Waals surface area contributed by atoms with Crippen LogP contribution in [-0.2, 0) is 11.3 Å². The van der Waals surface area contributed by atoms with Crippen LogP contribution in [0.4, 0.5) is 4.79 Å². The smallest absolute Gasteiger partial charge is 0.407 e. The lowest BCUT2D eigenvalue weighted by Gasteiger charge is -2.05. The highest BCUT2D eigenvalue weighted by atomic mass is 16.5. The van der Waals surface area contributed by atoms with Crippen molar-refractivity contribution in [3.05, 3.63) is 72.1 Å². The highest BCUT2D eigenvalue weighted by Gasteiger charge is 2.00. The van der Waals surface area contributed by atoms with Crippen LogP contribution < -0.4 is 5.32 Å². The van der Waals surface area contributed by atoms with E-state index >= 15 is 0 Å². The van der Waals surface area contributed by atoms with Crippen molar-refractivity contribution in [2.75, 3.05) is 6.54 Å². The van der Waals surface area contributed by atoms with Crippen LogP contribution >= 0.6 is 0 Å². The van der Waals surface area contributed by atoms with Crippen molar-refractivity contribution >= 4 is 12.2 Å². The number of rotatable bonds is 6. The van der Waals surface area contributed by atoms with Gasteiger partial charge in [-0.15, -0.1) is 0 Å². The number of carbonyl (C=O) groups excluding carboxylic acids is 1. The molecule has 1 aromatic heterocycles. The Kier molecular flexibility index (Phi) is 6.00. The first-order chi connectivity index (χ1) is 10.3. The second-order valence-corrected chi connectivity index (χ2v) is 4.47. The largest absolute Gasteiger partial charge is 0.445 e. The standard InChI is InChI=1S/C17H18N2O2/c20-17(21-14-16-8-2-1-3-9-16)19-12-5-4-7-15-10-6-11-18-13-15/h1-4,6-11,13H,5,12,14H2,(H,19,20). The number of hydrogen-bond donors (Lipinski definition) is 1. The summed E-state index contributed by atoms with van der Waals surface area (Å²) >= 11 is 0. The molecule has 0 saturated heterocycles. The molecule has 0 aliphatic carbocycles. The van der Waals surface area contributed by atoms with Gasteiger partial charge in [-0.1, -0.05) is 48.6 Å².